The Kier molecular flexibility index (Phi) is 5.56. The maximum Gasteiger partial charge on any atom is 0.244 e. The summed E-state index contributed by atoms with van der Waals surface area (Å²) >= 11 is 1.39. The van der Waals surface area contributed by atoms with Gasteiger partial charge in [-0.2, -0.15) is 0 Å². The lowest BCUT2D eigenvalue weighted by Gasteiger charge is -2.32. The number of nitrogens with one attached hydrogen (secondary N) is 1. The molecule has 2 aromatic rings. The molecule has 30 heavy (non-hydrogen) atoms. The molecule has 0 aromatic heterocycles. The highest BCUT2D eigenvalue weighted by atomic mass is 32.2. The number of carbonyl (C=O) groups is 2. The summed E-state index contributed by atoms with van der Waals surface area (Å²) in [5.41, 5.74) is 6.45. The Balaban J connectivity index is 1.41. The standard InChI is InChI=1S/C23H26N4O2S/c1-14-5-8-19(17(4)9-14)25-21(28)11-20-22(29)27-13-26(12-24-23(27)30-20)18-7-6-15(2)16(3)10-18/h5-10,20H,11-13H2,1-4H3,(H,25,28). The van der Waals surface area contributed by atoms with Gasteiger partial charge in [-0.3, -0.25) is 14.5 Å². The van der Waals surface area contributed by atoms with Crippen molar-refractivity contribution >= 4 is 40.1 Å². The summed E-state index contributed by atoms with van der Waals surface area (Å²) < 4.78 is 0. The molecule has 7 heteroatoms. The summed E-state index contributed by atoms with van der Waals surface area (Å²) in [6, 6.07) is 12.2. The number of thioether (sulfide) groups is 1. The molecule has 0 spiro atoms. The summed E-state index contributed by atoms with van der Waals surface area (Å²) in [7, 11) is 0. The molecule has 2 heterocycles. The van der Waals surface area contributed by atoms with Gasteiger partial charge in [-0.1, -0.05) is 35.5 Å². The Bertz CT molecular complexity index is 1050. The predicted octanol–water partition coefficient (Wildman–Crippen LogP) is 3.98. The minimum atomic E-state index is -0.436. The first-order valence-electron chi connectivity index (χ1n) is 10.0. The number of aryl methyl sites for hydroxylation is 4. The molecule has 1 unspecified atom stereocenters. The van der Waals surface area contributed by atoms with Crippen LogP contribution in [0.15, 0.2) is 41.4 Å². The van der Waals surface area contributed by atoms with Crippen molar-refractivity contribution < 1.29 is 9.59 Å². The van der Waals surface area contributed by atoms with Gasteiger partial charge in [0.05, 0.1) is 0 Å². The molecule has 156 valence electrons. The molecule has 1 atom stereocenters. The largest absolute Gasteiger partial charge is 0.334 e. The van der Waals surface area contributed by atoms with Crippen molar-refractivity contribution in [1.82, 2.24) is 4.90 Å². The van der Waals surface area contributed by atoms with Gasteiger partial charge in [-0.25, -0.2) is 4.99 Å². The fraction of sp³-hybridized carbons (Fsp3) is 0.348. The molecule has 6 nitrogen and oxygen atoms in total. The average Bonchev–Trinajstić information content (AvgIpc) is 3.01. The fourth-order valence-electron chi connectivity index (χ4n) is 3.66. The van der Waals surface area contributed by atoms with Gasteiger partial charge in [0.15, 0.2) is 5.17 Å². The Labute approximate surface area is 181 Å². The Morgan fingerprint density at radius 1 is 1.10 bits per heavy atom. The lowest BCUT2D eigenvalue weighted by molar-refractivity contribution is -0.128. The number of hydrogen-bond donors (Lipinski definition) is 1. The number of aliphatic imine (C=N–C) groups is 1. The van der Waals surface area contributed by atoms with Crippen LogP contribution in [-0.2, 0) is 9.59 Å². The molecular formula is C23H26N4O2S. The van der Waals surface area contributed by atoms with Crippen molar-refractivity contribution in [2.45, 2.75) is 39.4 Å². The predicted molar refractivity (Wildman–Crippen MR) is 123 cm³/mol. The third-order valence-corrected chi connectivity index (χ3v) is 6.80. The maximum atomic E-state index is 13.0. The van der Waals surface area contributed by atoms with Gasteiger partial charge in [-0.05, 0) is 62.6 Å². The molecule has 2 amide bonds. The summed E-state index contributed by atoms with van der Waals surface area (Å²) in [6.45, 7) is 9.12. The lowest BCUT2D eigenvalue weighted by atomic mass is 10.1. The first-order chi connectivity index (χ1) is 14.3. The highest BCUT2D eigenvalue weighted by molar-refractivity contribution is 8.15. The quantitative estimate of drug-likeness (QED) is 0.809. The molecule has 2 aliphatic heterocycles. The summed E-state index contributed by atoms with van der Waals surface area (Å²) in [5.74, 6) is -0.206. The number of anilines is 2. The van der Waals surface area contributed by atoms with Crippen LogP contribution in [0.4, 0.5) is 11.4 Å². The van der Waals surface area contributed by atoms with Crippen molar-refractivity contribution in [1.29, 1.82) is 0 Å². The summed E-state index contributed by atoms with van der Waals surface area (Å²) in [5, 5.41) is 3.22. The summed E-state index contributed by atoms with van der Waals surface area (Å²) in [6.07, 6.45) is 0.135. The van der Waals surface area contributed by atoms with Crippen LogP contribution < -0.4 is 10.2 Å². The van der Waals surface area contributed by atoms with Crippen LogP contribution in [0.25, 0.3) is 0 Å². The van der Waals surface area contributed by atoms with Gasteiger partial charge < -0.3 is 10.2 Å². The van der Waals surface area contributed by atoms with Crippen LogP contribution in [0.3, 0.4) is 0 Å². The smallest absolute Gasteiger partial charge is 0.244 e. The van der Waals surface area contributed by atoms with E-state index < -0.39 is 5.25 Å². The molecular weight excluding hydrogens is 396 g/mol. The van der Waals surface area contributed by atoms with E-state index in [2.05, 4.69) is 47.3 Å². The fourth-order valence-corrected chi connectivity index (χ4v) is 4.79. The molecule has 1 saturated heterocycles. The molecule has 1 N–H and O–H groups in total. The van der Waals surface area contributed by atoms with Crippen LogP contribution in [0.1, 0.15) is 28.7 Å². The number of benzene rings is 2. The van der Waals surface area contributed by atoms with Crippen molar-refractivity contribution in [3.05, 3.63) is 58.7 Å². The van der Waals surface area contributed by atoms with Crippen LogP contribution in [-0.4, -0.2) is 40.5 Å². The molecule has 4 rings (SSSR count). The molecule has 0 radical (unpaired) electrons. The zero-order valence-corrected chi connectivity index (χ0v) is 18.5. The van der Waals surface area contributed by atoms with Gasteiger partial charge in [0.1, 0.15) is 18.6 Å². The molecule has 2 aromatic carbocycles. The second-order valence-corrected chi connectivity index (χ2v) is 9.15. The zero-order valence-electron chi connectivity index (χ0n) is 17.7. The SMILES string of the molecule is Cc1ccc(NC(=O)CC2SC3=NCN(c4ccc(C)c(C)c4)CN3C2=O)c(C)c1. The van der Waals surface area contributed by atoms with E-state index in [4.69, 9.17) is 0 Å². The van der Waals surface area contributed by atoms with E-state index in [1.165, 1.54) is 22.9 Å². The molecule has 2 aliphatic rings. The van der Waals surface area contributed by atoms with Crippen LogP contribution in [0.5, 0.6) is 0 Å². The average molecular weight is 423 g/mol. The molecule has 0 aliphatic carbocycles. The van der Waals surface area contributed by atoms with Crippen molar-refractivity contribution in [3.63, 3.8) is 0 Å². The molecule has 0 saturated carbocycles. The number of nitrogens with zero attached hydrogens (tertiary/aromatic N) is 3. The van der Waals surface area contributed by atoms with Crippen molar-refractivity contribution in [3.8, 4) is 0 Å². The first kappa shape index (κ1) is 20.5. The van der Waals surface area contributed by atoms with Crippen LogP contribution >= 0.6 is 11.8 Å². The van der Waals surface area contributed by atoms with Gasteiger partial charge in [0.25, 0.3) is 0 Å². The highest BCUT2D eigenvalue weighted by Crippen LogP contribution is 2.33. The van der Waals surface area contributed by atoms with Crippen LogP contribution in [0, 0.1) is 27.7 Å². The minimum Gasteiger partial charge on any atom is -0.334 e. The van der Waals surface area contributed by atoms with E-state index in [1.54, 1.807) is 4.90 Å². The maximum absolute atomic E-state index is 13.0. The van der Waals surface area contributed by atoms with Gasteiger partial charge in [0, 0.05) is 17.8 Å². The molecule has 0 bridgehead atoms. The zero-order chi connectivity index (χ0) is 21.4. The van der Waals surface area contributed by atoms with E-state index >= 15 is 0 Å². The Hall–Kier alpha value is -2.80. The number of amidine groups is 1. The normalized spacial score (nSPS) is 18.3. The lowest BCUT2D eigenvalue weighted by Crippen LogP contribution is -2.46. The van der Waals surface area contributed by atoms with E-state index in [9.17, 15) is 9.59 Å². The Morgan fingerprint density at radius 2 is 1.90 bits per heavy atom. The number of carbonyl (C=O) groups excluding carboxylic acids is 2. The minimum absolute atomic E-state index is 0.0527. The second kappa shape index (κ2) is 8.14. The van der Waals surface area contributed by atoms with Crippen molar-refractivity contribution in [2.75, 3.05) is 23.6 Å². The van der Waals surface area contributed by atoms with E-state index in [-0.39, 0.29) is 18.2 Å². The second-order valence-electron chi connectivity index (χ2n) is 7.98. The van der Waals surface area contributed by atoms with Crippen LogP contribution in [0.2, 0.25) is 0 Å². The van der Waals surface area contributed by atoms with E-state index in [1.807, 2.05) is 32.0 Å². The van der Waals surface area contributed by atoms with Gasteiger partial charge >= 0.3 is 0 Å². The number of hydrogen-bond acceptors (Lipinski definition) is 5. The topological polar surface area (TPSA) is 65.0 Å². The first-order valence-corrected chi connectivity index (χ1v) is 10.9. The summed E-state index contributed by atoms with van der Waals surface area (Å²) in [4.78, 5) is 33.9. The monoisotopic (exact) mass is 422 g/mol. The van der Waals surface area contributed by atoms with E-state index in [0.717, 1.165) is 22.5 Å². The number of fused-ring (bicyclic) bond motifs is 1. The highest BCUT2D eigenvalue weighted by Gasteiger charge is 2.41. The Morgan fingerprint density at radius 3 is 2.63 bits per heavy atom. The van der Waals surface area contributed by atoms with Gasteiger partial charge in [0.2, 0.25) is 11.8 Å². The third-order valence-electron chi connectivity index (χ3n) is 5.59. The number of rotatable bonds is 4. The third kappa shape index (κ3) is 4.07. The van der Waals surface area contributed by atoms with E-state index in [0.29, 0.717) is 18.5 Å². The molecule has 1 fully saturated rings. The van der Waals surface area contributed by atoms with Crippen molar-refractivity contribution in [2.24, 2.45) is 4.99 Å². The number of amides is 2. The van der Waals surface area contributed by atoms with Gasteiger partial charge in [-0.15, -0.1) is 0 Å².